The van der Waals surface area contributed by atoms with Crippen LogP contribution in [0.5, 0.6) is 0 Å². The molecule has 2 rings (SSSR count). The van der Waals surface area contributed by atoms with Gasteiger partial charge in [-0.2, -0.15) is 0 Å². The SMILES string of the molecule is CCCN(CC=C=CC(=O)CCC(=O)O)P(C)(=O)OC[C@@H]1CNCC(n2cc(C)c(=O)[nH]c2=O)O1. The monoisotopic (exact) mass is 512 g/mol. The van der Waals surface area contributed by atoms with Crippen molar-refractivity contribution in [3.05, 3.63) is 50.5 Å². The van der Waals surface area contributed by atoms with Gasteiger partial charge in [0.05, 0.1) is 19.1 Å². The maximum Gasteiger partial charge on any atom is 0.330 e. The zero-order chi connectivity index (χ0) is 26.0. The van der Waals surface area contributed by atoms with Gasteiger partial charge in [-0.3, -0.25) is 28.5 Å². The quantitative estimate of drug-likeness (QED) is 0.198. The molecule has 2 heterocycles. The minimum absolute atomic E-state index is 0.0157. The number of carbonyl (C=O) groups excluding carboxylic acids is 1. The van der Waals surface area contributed by atoms with E-state index in [9.17, 15) is 23.7 Å². The van der Waals surface area contributed by atoms with E-state index in [0.717, 1.165) is 0 Å². The van der Waals surface area contributed by atoms with Crippen molar-refractivity contribution >= 4 is 19.3 Å². The summed E-state index contributed by atoms with van der Waals surface area (Å²) in [5.41, 5.74) is 2.06. The predicted octanol–water partition coefficient (Wildman–Crippen LogP) is 1.03. The third kappa shape index (κ3) is 9.18. The van der Waals surface area contributed by atoms with E-state index >= 15 is 0 Å². The maximum atomic E-state index is 13.3. The first-order chi connectivity index (χ1) is 16.5. The number of carbonyl (C=O) groups is 2. The van der Waals surface area contributed by atoms with Crippen LogP contribution in [0.3, 0.4) is 0 Å². The summed E-state index contributed by atoms with van der Waals surface area (Å²) in [6, 6.07) is 0. The van der Waals surface area contributed by atoms with E-state index in [1.165, 1.54) is 23.5 Å². The fourth-order valence-corrected chi connectivity index (χ4v) is 4.89. The van der Waals surface area contributed by atoms with Gasteiger partial charge in [0, 0.05) is 57.1 Å². The molecule has 0 aliphatic carbocycles. The van der Waals surface area contributed by atoms with Crippen LogP contribution < -0.4 is 16.6 Å². The second-order valence-corrected chi connectivity index (χ2v) is 10.7. The zero-order valence-electron chi connectivity index (χ0n) is 20.2. The molecular weight excluding hydrogens is 479 g/mol. The number of H-pyrrole nitrogens is 1. The van der Waals surface area contributed by atoms with Crippen LogP contribution in [0.1, 0.15) is 38.0 Å². The number of rotatable bonds is 13. The fraction of sp³-hybridized carbons (Fsp3) is 0.591. The molecule has 12 nitrogen and oxygen atoms in total. The zero-order valence-corrected chi connectivity index (χ0v) is 21.1. The van der Waals surface area contributed by atoms with Gasteiger partial charge in [0.25, 0.3) is 13.1 Å². The van der Waals surface area contributed by atoms with Crippen LogP contribution in [0.4, 0.5) is 0 Å². The summed E-state index contributed by atoms with van der Waals surface area (Å²) >= 11 is 0. The number of hydrogen-bond donors (Lipinski definition) is 3. The van der Waals surface area contributed by atoms with E-state index < -0.39 is 37.1 Å². The Labute approximate surface area is 203 Å². The Morgan fingerprint density at radius 3 is 2.80 bits per heavy atom. The van der Waals surface area contributed by atoms with Crippen molar-refractivity contribution in [3.63, 3.8) is 0 Å². The summed E-state index contributed by atoms with van der Waals surface area (Å²) in [6.45, 7) is 6.55. The van der Waals surface area contributed by atoms with Crippen molar-refractivity contribution in [1.82, 2.24) is 19.5 Å². The first kappa shape index (κ1) is 28.6. The number of aliphatic carboxylic acids is 1. The first-order valence-corrected chi connectivity index (χ1v) is 13.4. The van der Waals surface area contributed by atoms with Crippen molar-refractivity contribution in [1.29, 1.82) is 0 Å². The lowest BCUT2D eigenvalue weighted by Crippen LogP contribution is -2.47. The van der Waals surface area contributed by atoms with E-state index in [2.05, 4.69) is 16.0 Å². The number of ketones is 1. The Hall–Kier alpha value is -2.59. The molecule has 35 heavy (non-hydrogen) atoms. The molecule has 0 aromatic carbocycles. The Morgan fingerprint density at radius 1 is 1.37 bits per heavy atom. The molecule has 1 fully saturated rings. The number of morpholine rings is 1. The molecule has 2 unspecified atom stereocenters. The third-order valence-corrected chi connectivity index (χ3v) is 7.26. The van der Waals surface area contributed by atoms with Crippen LogP contribution in [-0.2, 0) is 23.4 Å². The number of aryl methyl sites for hydroxylation is 1. The summed E-state index contributed by atoms with van der Waals surface area (Å²) in [6.07, 6.45) is 3.40. The Kier molecular flexibility index (Phi) is 11.0. The van der Waals surface area contributed by atoms with Crippen molar-refractivity contribution in [2.45, 2.75) is 45.4 Å². The third-order valence-electron chi connectivity index (χ3n) is 5.24. The molecule has 1 saturated heterocycles. The second-order valence-electron chi connectivity index (χ2n) is 8.24. The van der Waals surface area contributed by atoms with E-state index in [1.54, 1.807) is 17.7 Å². The smallest absolute Gasteiger partial charge is 0.330 e. The number of nitrogens with zero attached hydrogens (tertiary/aromatic N) is 2. The summed E-state index contributed by atoms with van der Waals surface area (Å²) < 4.78 is 28.0. The average molecular weight is 513 g/mol. The largest absolute Gasteiger partial charge is 0.481 e. The van der Waals surface area contributed by atoms with Crippen LogP contribution in [0, 0.1) is 6.92 Å². The highest BCUT2D eigenvalue weighted by atomic mass is 31.2. The molecule has 3 atom stereocenters. The van der Waals surface area contributed by atoms with Gasteiger partial charge in [-0.25, -0.2) is 9.46 Å². The molecule has 194 valence electrons. The van der Waals surface area contributed by atoms with Crippen LogP contribution in [0.15, 0.2) is 33.7 Å². The highest BCUT2D eigenvalue weighted by molar-refractivity contribution is 7.55. The van der Waals surface area contributed by atoms with Gasteiger partial charge in [0.15, 0.2) is 12.0 Å². The van der Waals surface area contributed by atoms with Gasteiger partial charge in [0.2, 0.25) is 0 Å². The number of ether oxygens (including phenoxy) is 1. The number of hydrogen-bond acceptors (Lipinski definition) is 8. The van der Waals surface area contributed by atoms with Crippen LogP contribution in [-0.4, -0.2) is 76.6 Å². The maximum absolute atomic E-state index is 13.3. The topological polar surface area (TPSA) is 160 Å². The van der Waals surface area contributed by atoms with Gasteiger partial charge in [0.1, 0.15) is 0 Å². The normalized spacial score (nSPS) is 19.5. The molecule has 0 saturated carbocycles. The van der Waals surface area contributed by atoms with Crippen LogP contribution >= 0.6 is 7.52 Å². The minimum Gasteiger partial charge on any atom is -0.481 e. The van der Waals surface area contributed by atoms with Crippen molar-refractivity contribution < 1.29 is 28.5 Å². The highest BCUT2D eigenvalue weighted by Crippen LogP contribution is 2.47. The number of carboxylic acids is 1. The van der Waals surface area contributed by atoms with Gasteiger partial charge >= 0.3 is 11.7 Å². The van der Waals surface area contributed by atoms with Crippen molar-refractivity contribution in [3.8, 4) is 0 Å². The minimum atomic E-state index is -3.23. The molecule has 1 aromatic heterocycles. The van der Waals surface area contributed by atoms with Gasteiger partial charge < -0.3 is 19.7 Å². The lowest BCUT2D eigenvalue weighted by Gasteiger charge is -2.33. The number of aromatic nitrogens is 2. The standard InChI is InChI=1S/C22H33N4O8P/c1-4-10-25(11-6-5-7-17(27)8-9-20(28)29)35(3,32)33-15-18-12-23-13-19(34-18)26-14-16(2)21(30)24-22(26)31/h6-7,14,18-19,23H,4,8-13,15H2,1-3H3,(H,28,29)(H,24,30,31)/t5?,18-,19?,35?/m0/s1. The highest BCUT2D eigenvalue weighted by Gasteiger charge is 2.29. The van der Waals surface area contributed by atoms with E-state index in [4.69, 9.17) is 14.4 Å². The molecule has 1 aromatic rings. The van der Waals surface area contributed by atoms with Gasteiger partial charge in [-0.1, -0.05) is 6.92 Å². The molecule has 1 aliphatic heterocycles. The van der Waals surface area contributed by atoms with E-state index in [1.807, 2.05) is 6.92 Å². The number of carboxylic acid groups (broad SMARTS) is 1. The summed E-state index contributed by atoms with van der Waals surface area (Å²) in [5, 5.41) is 11.8. The van der Waals surface area contributed by atoms with Crippen LogP contribution in [0.25, 0.3) is 0 Å². The predicted molar refractivity (Wildman–Crippen MR) is 129 cm³/mol. The van der Waals surface area contributed by atoms with Gasteiger partial charge in [-0.15, -0.1) is 5.73 Å². The lowest BCUT2D eigenvalue weighted by molar-refractivity contribution is -0.138. The number of nitrogens with one attached hydrogen (secondary N) is 2. The Morgan fingerprint density at radius 2 is 2.11 bits per heavy atom. The summed E-state index contributed by atoms with van der Waals surface area (Å²) in [7, 11) is -3.23. The van der Waals surface area contributed by atoms with E-state index in [-0.39, 0.29) is 31.8 Å². The van der Waals surface area contributed by atoms with Crippen molar-refractivity contribution in [2.24, 2.45) is 0 Å². The number of aromatic amines is 1. The molecule has 13 heteroatoms. The molecular formula is C22H33N4O8P. The summed E-state index contributed by atoms with van der Waals surface area (Å²) in [5.74, 6) is -1.40. The van der Waals surface area contributed by atoms with E-state index in [0.29, 0.717) is 31.6 Å². The Balaban J connectivity index is 1.97. The van der Waals surface area contributed by atoms with Crippen LogP contribution in [0.2, 0.25) is 0 Å². The lowest BCUT2D eigenvalue weighted by atomic mass is 10.2. The fourth-order valence-electron chi connectivity index (χ4n) is 3.34. The second kappa shape index (κ2) is 13.5. The summed E-state index contributed by atoms with van der Waals surface area (Å²) in [4.78, 5) is 48.2. The molecule has 1 aliphatic rings. The molecule has 0 amide bonds. The molecule has 0 spiro atoms. The molecule has 3 N–H and O–H groups in total. The van der Waals surface area contributed by atoms with Gasteiger partial charge in [-0.05, 0) is 19.4 Å². The Bertz CT molecular complexity index is 1120. The average Bonchev–Trinajstić information content (AvgIpc) is 2.81. The van der Waals surface area contributed by atoms with Crippen molar-refractivity contribution in [2.75, 3.05) is 39.5 Å². The first-order valence-electron chi connectivity index (χ1n) is 11.3. The molecule has 0 radical (unpaired) electrons. The molecule has 0 bridgehead atoms.